The average Bonchev–Trinajstić information content (AvgIpc) is 2.51. The molecule has 2 aromatic rings. The number of amides is 1. The fourth-order valence-electron chi connectivity index (χ4n) is 2.62. The summed E-state index contributed by atoms with van der Waals surface area (Å²) in [6.07, 6.45) is 1.46. The maximum Gasteiger partial charge on any atom is 0.248 e. The van der Waals surface area contributed by atoms with E-state index in [-0.39, 0.29) is 5.91 Å². The van der Waals surface area contributed by atoms with E-state index < -0.39 is 16.1 Å². The minimum absolute atomic E-state index is 0.348. The molecule has 1 amide bonds. The van der Waals surface area contributed by atoms with E-state index in [2.05, 4.69) is 21.2 Å². The molecule has 0 spiro atoms. The minimum atomic E-state index is -3.63. The fraction of sp³-hybridized carbons (Fsp3) is 0.278. The number of halogens is 1. The summed E-state index contributed by atoms with van der Waals surface area (Å²) in [4.78, 5) is 12.8. The number of hydrogen-bond acceptors (Lipinski definition) is 3. The molecule has 25 heavy (non-hydrogen) atoms. The number of nitrogens with one attached hydrogen (secondary N) is 1. The molecule has 0 saturated carbocycles. The van der Waals surface area contributed by atoms with Crippen LogP contribution in [0.25, 0.3) is 0 Å². The van der Waals surface area contributed by atoms with Gasteiger partial charge in [-0.1, -0.05) is 41.1 Å². The van der Waals surface area contributed by atoms with Gasteiger partial charge in [-0.25, -0.2) is 8.42 Å². The van der Waals surface area contributed by atoms with Crippen molar-refractivity contribution in [1.29, 1.82) is 0 Å². The predicted molar refractivity (Wildman–Crippen MR) is 105 cm³/mol. The number of carbonyl (C=O) groups is 1. The molecule has 2 aromatic carbocycles. The third-order valence-electron chi connectivity index (χ3n) is 3.68. The Hall–Kier alpha value is -1.86. The van der Waals surface area contributed by atoms with Crippen LogP contribution in [0.4, 0.5) is 11.4 Å². The highest BCUT2D eigenvalue weighted by Crippen LogP contribution is 2.24. The first kappa shape index (κ1) is 19.5. The van der Waals surface area contributed by atoms with E-state index in [1.807, 2.05) is 19.1 Å². The molecule has 1 atom stereocenters. The average molecular weight is 425 g/mol. The molecule has 1 N–H and O–H groups in total. The van der Waals surface area contributed by atoms with Crippen molar-refractivity contribution in [1.82, 2.24) is 0 Å². The van der Waals surface area contributed by atoms with Crippen molar-refractivity contribution in [2.45, 2.75) is 26.3 Å². The smallest absolute Gasteiger partial charge is 0.248 e. The molecule has 0 aliphatic carbocycles. The lowest BCUT2D eigenvalue weighted by Gasteiger charge is -2.30. The first-order valence-corrected chi connectivity index (χ1v) is 10.5. The number of nitrogens with zero attached hydrogens (tertiary/aromatic N) is 1. The SMILES string of the molecule is CC[C@H](C(=O)Nc1cccc(Br)c1)N(c1cccc(C)c1)S(C)(=O)=O. The van der Waals surface area contributed by atoms with E-state index >= 15 is 0 Å². The van der Waals surface area contributed by atoms with Crippen molar-refractivity contribution in [2.75, 3.05) is 15.9 Å². The minimum Gasteiger partial charge on any atom is -0.324 e. The Morgan fingerprint density at radius 3 is 2.44 bits per heavy atom. The Labute approximate surface area is 157 Å². The van der Waals surface area contributed by atoms with Crippen molar-refractivity contribution < 1.29 is 13.2 Å². The summed E-state index contributed by atoms with van der Waals surface area (Å²) >= 11 is 3.35. The number of rotatable bonds is 6. The lowest BCUT2D eigenvalue weighted by molar-refractivity contribution is -0.117. The highest BCUT2D eigenvalue weighted by Gasteiger charge is 2.31. The second-order valence-electron chi connectivity index (χ2n) is 5.82. The van der Waals surface area contributed by atoms with E-state index in [1.54, 1.807) is 43.3 Å². The normalized spacial score (nSPS) is 12.5. The second kappa shape index (κ2) is 8.01. The fourth-order valence-corrected chi connectivity index (χ4v) is 4.22. The zero-order valence-electron chi connectivity index (χ0n) is 14.4. The third kappa shape index (κ3) is 5.06. The van der Waals surface area contributed by atoms with Crippen LogP contribution >= 0.6 is 15.9 Å². The number of benzene rings is 2. The Bertz CT molecular complexity index is 868. The molecule has 0 saturated heterocycles. The van der Waals surface area contributed by atoms with Crippen LogP contribution in [0, 0.1) is 6.92 Å². The van der Waals surface area contributed by atoms with Gasteiger partial charge in [0.15, 0.2) is 0 Å². The third-order valence-corrected chi connectivity index (χ3v) is 5.35. The van der Waals surface area contributed by atoms with Gasteiger partial charge in [0.1, 0.15) is 6.04 Å². The molecule has 0 heterocycles. The molecule has 0 bridgehead atoms. The molecule has 2 rings (SSSR count). The van der Waals surface area contributed by atoms with Gasteiger partial charge < -0.3 is 5.32 Å². The number of hydrogen-bond donors (Lipinski definition) is 1. The molecule has 7 heteroatoms. The van der Waals surface area contributed by atoms with Gasteiger partial charge >= 0.3 is 0 Å². The quantitative estimate of drug-likeness (QED) is 0.763. The van der Waals surface area contributed by atoms with Crippen molar-refractivity contribution >= 4 is 43.2 Å². The zero-order chi connectivity index (χ0) is 18.6. The summed E-state index contributed by atoms with van der Waals surface area (Å²) in [6, 6.07) is 13.5. The van der Waals surface area contributed by atoms with E-state index in [0.29, 0.717) is 17.8 Å². The number of anilines is 2. The Morgan fingerprint density at radius 1 is 1.20 bits per heavy atom. The van der Waals surface area contributed by atoms with Crippen molar-refractivity contribution in [3.05, 3.63) is 58.6 Å². The molecule has 0 aliphatic heterocycles. The van der Waals surface area contributed by atoms with Gasteiger partial charge in [0, 0.05) is 10.2 Å². The standard InChI is InChI=1S/C18H21BrN2O3S/c1-4-17(18(22)20-15-9-6-8-14(19)12-15)21(25(3,23)24)16-10-5-7-13(2)11-16/h5-12,17H,4H2,1-3H3,(H,20,22)/t17-/m1/s1. The van der Waals surface area contributed by atoms with Gasteiger partial charge in [-0.3, -0.25) is 9.10 Å². The molecule has 5 nitrogen and oxygen atoms in total. The summed E-state index contributed by atoms with van der Waals surface area (Å²) in [7, 11) is -3.63. The molecular weight excluding hydrogens is 404 g/mol. The molecule has 0 aromatic heterocycles. The van der Waals surface area contributed by atoms with Crippen molar-refractivity contribution in [3.63, 3.8) is 0 Å². The van der Waals surface area contributed by atoms with Gasteiger partial charge in [0.05, 0.1) is 11.9 Å². The van der Waals surface area contributed by atoms with Crippen LogP contribution in [-0.2, 0) is 14.8 Å². The van der Waals surface area contributed by atoms with Gasteiger partial charge in [0.25, 0.3) is 0 Å². The molecule has 0 fully saturated rings. The first-order valence-electron chi connectivity index (χ1n) is 7.85. The van der Waals surface area contributed by atoms with Crippen LogP contribution < -0.4 is 9.62 Å². The summed E-state index contributed by atoms with van der Waals surface area (Å²) in [5, 5.41) is 2.80. The highest BCUT2D eigenvalue weighted by molar-refractivity contribution is 9.10. The lowest BCUT2D eigenvalue weighted by atomic mass is 10.1. The molecule has 0 unspecified atom stereocenters. The van der Waals surface area contributed by atoms with Crippen molar-refractivity contribution in [2.24, 2.45) is 0 Å². The molecule has 0 radical (unpaired) electrons. The van der Waals surface area contributed by atoms with Crippen LogP contribution in [-0.4, -0.2) is 26.6 Å². The van der Waals surface area contributed by atoms with Gasteiger partial charge in [-0.2, -0.15) is 0 Å². The Balaban J connectivity index is 2.38. The number of aryl methyl sites for hydroxylation is 1. The second-order valence-corrected chi connectivity index (χ2v) is 8.60. The topological polar surface area (TPSA) is 66.5 Å². The van der Waals surface area contributed by atoms with Crippen LogP contribution in [0.2, 0.25) is 0 Å². The van der Waals surface area contributed by atoms with Gasteiger partial charge in [0.2, 0.25) is 15.9 Å². The lowest BCUT2D eigenvalue weighted by Crippen LogP contribution is -2.47. The zero-order valence-corrected chi connectivity index (χ0v) is 16.8. The van der Waals surface area contributed by atoms with Gasteiger partial charge in [-0.15, -0.1) is 0 Å². The monoisotopic (exact) mass is 424 g/mol. The summed E-state index contributed by atoms with van der Waals surface area (Å²) in [6.45, 7) is 3.67. The molecule has 0 aliphatic rings. The van der Waals surface area contributed by atoms with Crippen molar-refractivity contribution in [3.8, 4) is 0 Å². The van der Waals surface area contributed by atoms with E-state index in [4.69, 9.17) is 0 Å². The van der Waals surface area contributed by atoms with Crippen LogP contribution in [0.1, 0.15) is 18.9 Å². The van der Waals surface area contributed by atoms with E-state index in [9.17, 15) is 13.2 Å². The Morgan fingerprint density at radius 2 is 1.88 bits per heavy atom. The largest absolute Gasteiger partial charge is 0.324 e. The van der Waals surface area contributed by atoms with Crippen LogP contribution in [0.3, 0.4) is 0 Å². The summed E-state index contributed by atoms with van der Waals surface area (Å²) in [5.41, 5.74) is 2.02. The number of sulfonamides is 1. The highest BCUT2D eigenvalue weighted by atomic mass is 79.9. The summed E-state index contributed by atoms with van der Waals surface area (Å²) in [5.74, 6) is -0.368. The maximum absolute atomic E-state index is 12.8. The maximum atomic E-state index is 12.8. The summed E-state index contributed by atoms with van der Waals surface area (Å²) < 4.78 is 26.8. The van der Waals surface area contributed by atoms with Crippen LogP contribution in [0.5, 0.6) is 0 Å². The first-order chi connectivity index (χ1) is 11.7. The molecular formula is C18H21BrN2O3S. The number of carbonyl (C=O) groups excluding carboxylic acids is 1. The van der Waals surface area contributed by atoms with Crippen LogP contribution in [0.15, 0.2) is 53.0 Å². The van der Waals surface area contributed by atoms with E-state index in [1.165, 1.54) is 4.31 Å². The Kier molecular flexibility index (Phi) is 6.24. The van der Waals surface area contributed by atoms with Gasteiger partial charge in [-0.05, 0) is 49.2 Å². The predicted octanol–water partition coefficient (Wildman–Crippen LogP) is 3.94. The van der Waals surface area contributed by atoms with E-state index in [0.717, 1.165) is 16.3 Å². The molecule has 134 valence electrons.